The van der Waals surface area contributed by atoms with Crippen LogP contribution in [0.5, 0.6) is 11.5 Å². The molecule has 0 unspecified atom stereocenters. The van der Waals surface area contributed by atoms with E-state index in [0.29, 0.717) is 5.56 Å². The number of nitrogens with one attached hydrogen (secondary N) is 2. The molecule has 0 saturated heterocycles. The van der Waals surface area contributed by atoms with E-state index in [1.165, 1.54) is 25.3 Å². The molecule has 31 heavy (non-hydrogen) atoms. The van der Waals surface area contributed by atoms with Crippen molar-refractivity contribution in [2.75, 3.05) is 20.2 Å². The van der Waals surface area contributed by atoms with Gasteiger partial charge in [0.05, 0.1) is 7.11 Å². The first-order valence-corrected chi connectivity index (χ1v) is 10.5. The van der Waals surface area contributed by atoms with Crippen LogP contribution < -0.4 is 19.5 Å². The number of carbonyl (C=O) groups is 1. The Morgan fingerprint density at radius 2 is 1.94 bits per heavy atom. The zero-order valence-corrected chi connectivity index (χ0v) is 17.3. The van der Waals surface area contributed by atoms with Crippen molar-refractivity contribution in [1.29, 1.82) is 0 Å². The van der Waals surface area contributed by atoms with E-state index >= 15 is 0 Å². The smallest absolute Gasteiger partial charge is 0.387 e. The maximum atomic E-state index is 14.0. The number of sulfonamides is 1. The molecule has 0 heterocycles. The number of rotatable bonds is 11. The lowest BCUT2D eigenvalue weighted by molar-refractivity contribution is -0.0512. The van der Waals surface area contributed by atoms with Gasteiger partial charge in [0.1, 0.15) is 10.7 Å². The number of methoxy groups -OCH3 is 1. The molecule has 0 aliphatic rings. The summed E-state index contributed by atoms with van der Waals surface area (Å²) in [6.07, 6.45) is 1.56. The molecule has 0 atom stereocenters. The first-order valence-electron chi connectivity index (χ1n) is 8.98. The van der Waals surface area contributed by atoms with E-state index in [-0.39, 0.29) is 36.6 Å². The average Bonchev–Trinajstić information content (AvgIpc) is 2.72. The Kier molecular flexibility index (Phi) is 8.46. The monoisotopic (exact) mass is 458 g/mol. The number of alkyl halides is 2. The van der Waals surface area contributed by atoms with Gasteiger partial charge in [-0.05, 0) is 42.3 Å². The number of benzene rings is 2. The Labute approximate surface area is 177 Å². The van der Waals surface area contributed by atoms with Gasteiger partial charge in [0.2, 0.25) is 10.0 Å². The van der Waals surface area contributed by atoms with Gasteiger partial charge in [0.15, 0.2) is 11.5 Å². The Hall–Kier alpha value is -3.05. The molecule has 0 spiro atoms. The molecule has 2 rings (SSSR count). The number of hydrogen-bond acceptors (Lipinski definition) is 5. The summed E-state index contributed by atoms with van der Waals surface area (Å²) >= 11 is 0. The molecule has 0 bridgehead atoms. The van der Waals surface area contributed by atoms with Crippen LogP contribution in [0, 0.1) is 5.82 Å². The van der Waals surface area contributed by atoms with Crippen LogP contribution in [0.3, 0.4) is 0 Å². The third-order valence-electron chi connectivity index (χ3n) is 4.04. The van der Waals surface area contributed by atoms with Crippen molar-refractivity contribution in [3.63, 3.8) is 0 Å². The number of amides is 1. The van der Waals surface area contributed by atoms with Crippen LogP contribution in [-0.2, 0) is 16.4 Å². The third kappa shape index (κ3) is 6.72. The maximum absolute atomic E-state index is 14.0. The Morgan fingerprint density at radius 1 is 1.19 bits per heavy atom. The minimum Gasteiger partial charge on any atom is -0.493 e. The number of ether oxygens (including phenoxy) is 2. The van der Waals surface area contributed by atoms with Crippen LogP contribution in [-0.4, -0.2) is 41.1 Å². The van der Waals surface area contributed by atoms with Crippen LogP contribution in [0.2, 0.25) is 0 Å². The summed E-state index contributed by atoms with van der Waals surface area (Å²) in [5, 5.41) is 2.56. The fourth-order valence-corrected chi connectivity index (χ4v) is 3.68. The van der Waals surface area contributed by atoms with Gasteiger partial charge in [-0.2, -0.15) is 8.78 Å². The Morgan fingerprint density at radius 3 is 2.58 bits per heavy atom. The van der Waals surface area contributed by atoms with Gasteiger partial charge in [-0.15, -0.1) is 6.58 Å². The number of carbonyl (C=O) groups excluding carboxylic acids is 1. The lowest BCUT2D eigenvalue weighted by Gasteiger charge is -2.12. The molecular formula is C20H21F3N2O5S. The quantitative estimate of drug-likeness (QED) is 0.505. The van der Waals surface area contributed by atoms with Gasteiger partial charge in [-0.25, -0.2) is 17.5 Å². The van der Waals surface area contributed by atoms with Gasteiger partial charge < -0.3 is 14.8 Å². The number of halogens is 3. The molecule has 2 aromatic rings. The molecule has 0 saturated carbocycles. The third-order valence-corrected chi connectivity index (χ3v) is 5.48. The van der Waals surface area contributed by atoms with Crippen LogP contribution in [0.1, 0.15) is 15.9 Å². The summed E-state index contributed by atoms with van der Waals surface area (Å²) in [5.74, 6) is -1.63. The molecule has 7 nitrogen and oxygen atoms in total. The highest BCUT2D eigenvalue weighted by Crippen LogP contribution is 2.29. The Balaban J connectivity index is 2.07. The van der Waals surface area contributed by atoms with Crippen molar-refractivity contribution in [3.8, 4) is 11.5 Å². The summed E-state index contributed by atoms with van der Waals surface area (Å²) in [7, 11) is -2.84. The topological polar surface area (TPSA) is 93.7 Å². The van der Waals surface area contributed by atoms with Gasteiger partial charge in [0, 0.05) is 18.7 Å². The van der Waals surface area contributed by atoms with Crippen LogP contribution in [0.15, 0.2) is 53.9 Å². The second-order valence-electron chi connectivity index (χ2n) is 6.16. The predicted octanol–water partition coefficient (Wildman–Crippen LogP) is 2.87. The van der Waals surface area contributed by atoms with E-state index in [1.54, 1.807) is 6.07 Å². The van der Waals surface area contributed by atoms with Crippen molar-refractivity contribution in [3.05, 3.63) is 66.0 Å². The summed E-state index contributed by atoms with van der Waals surface area (Å²) in [5.41, 5.74) is 0.532. The molecule has 1 amide bonds. The molecule has 0 aliphatic carbocycles. The minimum atomic E-state index is -4.16. The van der Waals surface area contributed by atoms with Crippen molar-refractivity contribution in [2.24, 2.45) is 0 Å². The van der Waals surface area contributed by atoms with Crippen molar-refractivity contribution >= 4 is 15.9 Å². The summed E-state index contributed by atoms with van der Waals surface area (Å²) in [6.45, 7) is 0.362. The van der Waals surface area contributed by atoms with Gasteiger partial charge in [-0.3, -0.25) is 4.79 Å². The van der Waals surface area contributed by atoms with Gasteiger partial charge in [0.25, 0.3) is 5.91 Å². The molecule has 0 aliphatic heterocycles. The normalized spacial score (nSPS) is 11.3. The highest BCUT2D eigenvalue weighted by Gasteiger charge is 2.20. The number of hydrogen-bond donors (Lipinski definition) is 2. The highest BCUT2D eigenvalue weighted by molar-refractivity contribution is 7.89. The fourth-order valence-electron chi connectivity index (χ4n) is 2.58. The molecule has 0 radical (unpaired) electrons. The second-order valence-corrected chi connectivity index (χ2v) is 7.89. The van der Waals surface area contributed by atoms with Crippen molar-refractivity contribution in [2.45, 2.75) is 17.9 Å². The van der Waals surface area contributed by atoms with E-state index in [2.05, 4.69) is 21.4 Å². The molecule has 0 fully saturated rings. The lowest BCUT2D eigenvalue weighted by atomic mass is 10.1. The largest absolute Gasteiger partial charge is 0.493 e. The van der Waals surface area contributed by atoms with Crippen molar-refractivity contribution in [1.82, 2.24) is 10.0 Å². The lowest BCUT2D eigenvalue weighted by Crippen LogP contribution is -2.27. The summed E-state index contributed by atoms with van der Waals surface area (Å²) < 4.78 is 74.8. The second kappa shape index (κ2) is 10.8. The first-order chi connectivity index (χ1) is 14.7. The van der Waals surface area contributed by atoms with E-state index in [0.717, 1.165) is 18.2 Å². The zero-order chi connectivity index (χ0) is 23.0. The molecule has 11 heteroatoms. The van der Waals surface area contributed by atoms with E-state index in [4.69, 9.17) is 4.74 Å². The van der Waals surface area contributed by atoms with E-state index in [9.17, 15) is 26.4 Å². The molecule has 0 aromatic heterocycles. The van der Waals surface area contributed by atoms with Crippen LogP contribution in [0.25, 0.3) is 0 Å². The summed E-state index contributed by atoms with van der Waals surface area (Å²) in [4.78, 5) is 11.7. The summed E-state index contributed by atoms with van der Waals surface area (Å²) in [6, 6.07) is 7.41. The standard InChI is InChI=1S/C20H21F3N2O5S/c1-3-9-25-31(27,28)18-12-14(5-6-15(18)21)19(26)24-10-8-13-4-7-16(29-2)17(11-13)30-20(22)23/h3-7,11-12,20,25H,1,8-10H2,2H3,(H,24,26). The molecule has 2 N–H and O–H groups in total. The predicted molar refractivity (Wildman–Crippen MR) is 107 cm³/mol. The highest BCUT2D eigenvalue weighted by atomic mass is 32.2. The van der Waals surface area contributed by atoms with E-state index in [1.807, 2.05) is 0 Å². The molecular weight excluding hydrogens is 437 g/mol. The van der Waals surface area contributed by atoms with Crippen molar-refractivity contribution < 1.29 is 35.9 Å². The van der Waals surface area contributed by atoms with E-state index < -0.39 is 33.3 Å². The minimum absolute atomic E-state index is 0.0585. The molecule has 2 aromatic carbocycles. The zero-order valence-electron chi connectivity index (χ0n) is 16.5. The maximum Gasteiger partial charge on any atom is 0.387 e. The SMILES string of the molecule is C=CCNS(=O)(=O)c1cc(C(=O)NCCc2ccc(OC)c(OC(F)F)c2)ccc1F. The first kappa shape index (κ1) is 24.2. The Bertz CT molecular complexity index is 1050. The average molecular weight is 458 g/mol. The van der Waals surface area contributed by atoms with Gasteiger partial charge in [-0.1, -0.05) is 12.1 Å². The molecule has 168 valence electrons. The van der Waals surface area contributed by atoms with Crippen LogP contribution in [0.4, 0.5) is 13.2 Å². The van der Waals surface area contributed by atoms with Crippen LogP contribution >= 0.6 is 0 Å². The fraction of sp³-hybridized carbons (Fsp3) is 0.250. The van der Waals surface area contributed by atoms with Gasteiger partial charge >= 0.3 is 6.61 Å².